The number of rotatable bonds is 8. The Balaban J connectivity index is 1.34. The van der Waals surface area contributed by atoms with Gasteiger partial charge in [-0.15, -0.1) is 11.3 Å². The van der Waals surface area contributed by atoms with Crippen LogP contribution in [0.2, 0.25) is 0 Å². The van der Waals surface area contributed by atoms with Crippen LogP contribution in [0.3, 0.4) is 0 Å². The molecule has 5 nitrogen and oxygen atoms in total. The van der Waals surface area contributed by atoms with E-state index in [2.05, 4.69) is 63.6 Å². The van der Waals surface area contributed by atoms with Crippen LogP contribution in [0.4, 0.5) is 0 Å². The van der Waals surface area contributed by atoms with Crippen molar-refractivity contribution < 1.29 is 4.42 Å². The molecule has 0 atom stereocenters. The van der Waals surface area contributed by atoms with Gasteiger partial charge in [0.25, 0.3) is 0 Å². The molecule has 0 saturated carbocycles. The van der Waals surface area contributed by atoms with E-state index in [4.69, 9.17) is 9.41 Å². The molecule has 0 amide bonds. The van der Waals surface area contributed by atoms with Gasteiger partial charge in [0, 0.05) is 41.5 Å². The molecular weight excluding hydrogens is 368 g/mol. The molecule has 0 radical (unpaired) electrons. The summed E-state index contributed by atoms with van der Waals surface area (Å²) in [6.45, 7) is 2.27. The highest BCUT2D eigenvalue weighted by Crippen LogP contribution is 2.17. The molecule has 0 aliphatic heterocycles. The number of H-pyrrole nitrogens is 1. The summed E-state index contributed by atoms with van der Waals surface area (Å²) in [7, 11) is 0. The maximum atomic E-state index is 5.40. The van der Waals surface area contributed by atoms with Crippen molar-refractivity contribution in [2.45, 2.75) is 19.4 Å². The summed E-state index contributed by atoms with van der Waals surface area (Å²) in [4.78, 5) is 9.32. The molecule has 28 heavy (non-hydrogen) atoms. The van der Waals surface area contributed by atoms with E-state index in [0.29, 0.717) is 6.54 Å². The summed E-state index contributed by atoms with van der Waals surface area (Å²) in [6, 6.07) is 16.5. The summed E-state index contributed by atoms with van der Waals surface area (Å²) >= 11 is 1.73. The van der Waals surface area contributed by atoms with Crippen LogP contribution >= 0.6 is 11.3 Å². The first-order valence-electron chi connectivity index (χ1n) is 9.50. The Morgan fingerprint density at radius 1 is 1.00 bits per heavy atom. The largest absolute Gasteiger partial charge is 0.469 e. The standard InChI is InChI=1S/C22H24N4OS/c1-2-8-21-20(7-1)17(15-25-21)9-11-23-22(26-16-19-6-4-14-28-19)24-12-10-18-5-3-13-27-18/h1-8,13-15,25H,9-12,16H2,(H2,23,24,26). The minimum atomic E-state index is 0.681. The Morgan fingerprint density at radius 2 is 1.89 bits per heavy atom. The lowest BCUT2D eigenvalue weighted by molar-refractivity contribution is 0.506. The Hall–Kier alpha value is -2.99. The van der Waals surface area contributed by atoms with Crippen LogP contribution in [-0.2, 0) is 19.4 Å². The van der Waals surface area contributed by atoms with Crippen LogP contribution in [0.25, 0.3) is 10.9 Å². The zero-order chi connectivity index (χ0) is 19.0. The second kappa shape index (κ2) is 9.28. The highest BCUT2D eigenvalue weighted by Gasteiger charge is 2.05. The molecule has 3 N–H and O–H groups in total. The van der Waals surface area contributed by atoms with Gasteiger partial charge in [0.1, 0.15) is 5.76 Å². The first-order chi connectivity index (χ1) is 13.9. The van der Waals surface area contributed by atoms with Crippen LogP contribution in [0.5, 0.6) is 0 Å². The first kappa shape index (κ1) is 18.4. The topological polar surface area (TPSA) is 65.3 Å². The lowest BCUT2D eigenvalue weighted by Crippen LogP contribution is -2.39. The third-order valence-electron chi connectivity index (χ3n) is 4.58. The Kier molecular flexibility index (Phi) is 6.09. The predicted molar refractivity (Wildman–Crippen MR) is 116 cm³/mol. The predicted octanol–water partition coefficient (Wildman–Crippen LogP) is 4.34. The molecule has 0 aliphatic rings. The number of benzene rings is 1. The Morgan fingerprint density at radius 3 is 2.71 bits per heavy atom. The van der Waals surface area contributed by atoms with Gasteiger partial charge < -0.3 is 20.0 Å². The number of aromatic nitrogens is 1. The van der Waals surface area contributed by atoms with E-state index in [-0.39, 0.29) is 0 Å². The SMILES string of the molecule is c1coc(CCNC(=NCc2cccs2)NCCc2c[nH]c3ccccc23)c1. The zero-order valence-corrected chi connectivity index (χ0v) is 16.5. The van der Waals surface area contributed by atoms with Crippen LogP contribution in [0.1, 0.15) is 16.2 Å². The average molecular weight is 393 g/mol. The van der Waals surface area contributed by atoms with E-state index in [0.717, 1.165) is 37.7 Å². The van der Waals surface area contributed by atoms with E-state index in [1.54, 1.807) is 17.6 Å². The van der Waals surface area contributed by atoms with Gasteiger partial charge in [0.15, 0.2) is 5.96 Å². The fourth-order valence-electron chi connectivity index (χ4n) is 3.15. The number of para-hydroxylation sites is 1. The number of furan rings is 1. The Labute approximate surface area is 168 Å². The molecule has 4 rings (SSSR count). The van der Waals surface area contributed by atoms with Crippen LogP contribution in [0.15, 0.2) is 75.8 Å². The van der Waals surface area contributed by atoms with Gasteiger partial charge in [-0.3, -0.25) is 0 Å². The molecule has 144 valence electrons. The summed E-state index contributed by atoms with van der Waals surface area (Å²) < 4.78 is 5.40. The lowest BCUT2D eigenvalue weighted by atomic mass is 10.1. The molecule has 4 aromatic rings. The third kappa shape index (κ3) is 4.84. The molecule has 3 aromatic heterocycles. The van der Waals surface area contributed by atoms with Crippen LogP contribution < -0.4 is 10.6 Å². The van der Waals surface area contributed by atoms with Gasteiger partial charge in [-0.2, -0.15) is 0 Å². The van der Waals surface area contributed by atoms with Crippen LogP contribution in [0, 0.1) is 0 Å². The molecule has 3 heterocycles. The van der Waals surface area contributed by atoms with Crippen molar-refractivity contribution in [2.75, 3.05) is 13.1 Å². The maximum absolute atomic E-state index is 5.40. The highest BCUT2D eigenvalue weighted by molar-refractivity contribution is 7.09. The number of nitrogens with zero attached hydrogens (tertiary/aromatic N) is 1. The number of hydrogen-bond donors (Lipinski definition) is 3. The van der Waals surface area contributed by atoms with E-state index in [9.17, 15) is 0 Å². The second-order valence-corrected chi connectivity index (χ2v) is 7.57. The monoisotopic (exact) mass is 392 g/mol. The third-order valence-corrected chi connectivity index (χ3v) is 5.44. The van der Waals surface area contributed by atoms with Crippen molar-refractivity contribution in [3.05, 3.63) is 82.6 Å². The molecule has 0 unspecified atom stereocenters. The fraction of sp³-hybridized carbons (Fsp3) is 0.227. The smallest absolute Gasteiger partial charge is 0.191 e. The quantitative estimate of drug-likeness (QED) is 0.309. The number of thiophene rings is 1. The number of hydrogen-bond acceptors (Lipinski definition) is 3. The maximum Gasteiger partial charge on any atom is 0.191 e. The number of aromatic amines is 1. The molecule has 0 saturated heterocycles. The molecule has 0 aliphatic carbocycles. The molecule has 0 spiro atoms. The van der Waals surface area contributed by atoms with Crippen molar-refractivity contribution in [2.24, 2.45) is 4.99 Å². The number of nitrogens with one attached hydrogen (secondary N) is 3. The second-order valence-electron chi connectivity index (χ2n) is 6.54. The van der Waals surface area contributed by atoms with Crippen LogP contribution in [-0.4, -0.2) is 24.0 Å². The number of aliphatic imine (C=N–C) groups is 1. The van der Waals surface area contributed by atoms with Crippen molar-refractivity contribution in [1.82, 2.24) is 15.6 Å². The van der Waals surface area contributed by atoms with E-state index < -0.39 is 0 Å². The summed E-state index contributed by atoms with van der Waals surface area (Å²) in [5.41, 5.74) is 2.50. The summed E-state index contributed by atoms with van der Waals surface area (Å²) in [6.07, 6.45) is 5.57. The van der Waals surface area contributed by atoms with E-state index in [1.807, 2.05) is 12.1 Å². The van der Waals surface area contributed by atoms with Gasteiger partial charge >= 0.3 is 0 Å². The summed E-state index contributed by atoms with van der Waals surface area (Å²) in [5.74, 6) is 1.81. The average Bonchev–Trinajstić information content (AvgIpc) is 3.48. The normalized spacial score (nSPS) is 11.8. The number of fused-ring (bicyclic) bond motifs is 1. The fourth-order valence-corrected chi connectivity index (χ4v) is 3.77. The highest BCUT2D eigenvalue weighted by atomic mass is 32.1. The van der Waals surface area contributed by atoms with Gasteiger partial charge in [-0.05, 0) is 41.6 Å². The Bertz CT molecular complexity index is 1000. The zero-order valence-electron chi connectivity index (χ0n) is 15.7. The first-order valence-corrected chi connectivity index (χ1v) is 10.4. The minimum Gasteiger partial charge on any atom is -0.469 e. The van der Waals surface area contributed by atoms with Crippen molar-refractivity contribution in [1.29, 1.82) is 0 Å². The van der Waals surface area contributed by atoms with Crippen molar-refractivity contribution in [3.63, 3.8) is 0 Å². The van der Waals surface area contributed by atoms with E-state index in [1.165, 1.54) is 21.3 Å². The summed E-state index contributed by atoms with van der Waals surface area (Å²) in [5, 5.41) is 10.2. The molecule has 1 aromatic carbocycles. The minimum absolute atomic E-state index is 0.681. The van der Waals surface area contributed by atoms with Crippen molar-refractivity contribution in [3.8, 4) is 0 Å². The molecule has 0 fully saturated rings. The molecule has 0 bridgehead atoms. The number of guanidine groups is 1. The van der Waals surface area contributed by atoms with Gasteiger partial charge in [-0.1, -0.05) is 24.3 Å². The van der Waals surface area contributed by atoms with Gasteiger partial charge in [0.2, 0.25) is 0 Å². The molecular formula is C22H24N4OS. The molecule has 6 heteroatoms. The van der Waals surface area contributed by atoms with Gasteiger partial charge in [-0.25, -0.2) is 4.99 Å². The van der Waals surface area contributed by atoms with Crippen molar-refractivity contribution >= 4 is 28.2 Å². The van der Waals surface area contributed by atoms with Gasteiger partial charge in [0.05, 0.1) is 12.8 Å². The lowest BCUT2D eigenvalue weighted by Gasteiger charge is -2.12. The van der Waals surface area contributed by atoms with E-state index >= 15 is 0 Å².